The number of ether oxygens (including phenoxy) is 2. The van der Waals surface area contributed by atoms with Gasteiger partial charge >= 0.3 is 0 Å². The Morgan fingerprint density at radius 1 is 1.13 bits per heavy atom. The standard InChI is InChI=1S/C31H36N4O3S/c1-5-10-21(3)11-7-8-12-22-15-16-25(27(19-22)37-4)33-31-34-26-17-18-39-29(26)30(35-31)38-24-14-9-13-23(20-24)32-28(36)6-2/h6,9,13-21H,2,5,7-8,10-12H2,1,3-4H3,(H,32,36)(H,33,34,35). The fraction of sp³-hybridized carbons (Fsp3) is 0.323. The third-order valence-corrected chi connectivity index (χ3v) is 7.37. The number of hydrogen-bond acceptors (Lipinski definition) is 7. The third kappa shape index (κ3) is 7.80. The number of aryl methyl sites for hydroxylation is 1. The molecular weight excluding hydrogens is 508 g/mol. The average molecular weight is 545 g/mol. The maximum Gasteiger partial charge on any atom is 0.247 e. The lowest BCUT2D eigenvalue weighted by atomic mass is 9.97. The van der Waals surface area contributed by atoms with Gasteiger partial charge in [-0.05, 0) is 66.1 Å². The van der Waals surface area contributed by atoms with E-state index < -0.39 is 0 Å². The summed E-state index contributed by atoms with van der Waals surface area (Å²) in [5.41, 5.74) is 3.42. The van der Waals surface area contributed by atoms with E-state index in [0.29, 0.717) is 23.3 Å². The number of aromatic nitrogens is 2. The summed E-state index contributed by atoms with van der Waals surface area (Å²) in [5.74, 6) is 2.63. The second-order valence-electron chi connectivity index (χ2n) is 9.61. The average Bonchev–Trinajstić information content (AvgIpc) is 3.41. The highest BCUT2D eigenvalue weighted by Gasteiger charge is 2.14. The van der Waals surface area contributed by atoms with E-state index >= 15 is 0 Å². The number of hydrogen-bond donors (Lipinski definition) is 2. The van der Waals surface area contributed by atoms with Crippen LogP contribution < -0.4 is 20.1 Å². The van der Waals surface area contributed by atoms with Crippen LogP contribution in [0.15, 0.2) is 66.6 Å². The van der Waals surface area contributed by atoms with Gasteiger partial charge in [-0.25, -0.2) is 4.98 Å². The van der Waals surface area contributed by atoms with Crippen LogP contribution in [0.25, 0.3) is 10.2 Å². The molecule has 0 bridgehead atoms. The van der Waals surface area contributed by atoms with Crippen molar-refractivity contribution in [2.45, 2.75) is 52.4 Å². The van der Waals surface area contributed by atoms with E-state index in [9.17, 15) is 4.79 Å². The lowest BCUT2D eigenvalue weighted by Crippen LogP contribution is -2.07. The predicted octanol–water partition coefficient (Wildman–Crippen LogP) is 8.51. The minimum absolute atomic E-state index is 0.289. The van der Waals surface area contributed by atoms with Crippen LogP contribution in [-0.4, -0.2) is 23.0 Å². The van der Waals surface area contributed by atoms with Gasteiger partial charge in [0.05, 0.1) is 18.3 Å². The molecule has 0 spiro atoms. The second kappa shape index (κ2) is 13.8. The number of methoxy groups -OCH3 is 1. The molecule has 2 aromatic carbocycles. The Kier molecular flexibility index (Phi) is 9.91. The second-order valence-corrected chi connectivity index (χ2v) is 10.5. The summed E-state index contributed by atoms with van der Waals surface area (Å²) in [5, 5.41) is 8.01. The molecule has 39 heavy (non-hydrogen) atoms. The molecule has 0 fully saturated rings. The third-order valence-electron chi connectivity index (χ3n) is 6.48. The maximum absolute atomic E-state index is 11.7. The highest BCUT2D eigenvalue weighted by atomic mass is 32.1. The molecule has 2 aromatic heterocycles. The number of nitrogens with one attached hydrogen (secondary N) is 2. The molecule has 0 aliphatic heterocycles. The van der Waals surface area contributed by atoms with Gasteiger partial charge in [-0.2, -0.15) is 4.98 Å². The lowest BCUT2D eigenvalue weighted by molar-refractivity contribution is -0.111. The van der Waals surface area contributed by atoms with Crippen molar-refractivity contribution >= 4 is 44.8 Å². The van der Waals surface area contributed by atoms with Crippen LogP contribution in [0, 0.1) is 5.92 Å². The Balaban J connectivity index is 1.49. The molecule has 4 aromatic rings. The molecule has 7 nitrogen and oxygen atoms in total. The molecule has 204 valence electrons. The van der Waals surface area contributed by atoms with E-state index in [2.05, 4.69) is 53.2 Å². The summed E-state index contributed by atoms with van der Waals surface area (Å²) in [6, 6.07) is 15.3. The number of rotatable bonds is 14. The Morgan fingerprint density at radius 3 is 2.79 bits per heavy atom. The largest absolute Gasteiger partial charge is 0.495 e. The zero-order valence-electron chi connectivity index (χ0n) is 22.8. The SMILES string of the molecule is C=CC(=O)Nc1cccc(Oc2nc(Nc3ccc(CCCCC(C)CCC)cc3OC)nc3ccsc23)c1. The topological polar surface area (TPSA) is 85.4 Å². The van der Waals surface area contributed by atoms with Crippen LogP contribution in [0.3, 0.4) is 0 Å². The highest BCUT2D eigenvalue weighted by molar-refractivity contribution is 7.17. The molecular formula is C31H36N4O3S. The van der Waals surface area contributed by atoms with Crippen molar-refractivity contribution in [1.82, 2.24) is 9.97 Å². The molecule has 8 heteroatoms. The molecule has 0 aliphatic carbocycles. The van der Waals surface area contributed by atoms with Gasteiger partial charge in [0.25, 0.3) is 0 Å². The van der Waals surface area contributed by atoms with E-state index in [1.54, 1.807) is 25.3 Å². The van der Waals surface area contributed by atoms with Gasteiger partial charge < -0.3 is 20.1 Å². The summed E-state index contributed by atoms with van der Waals surface area (Å²) >= 11 is 1.50. The zero-order valence-corrected chi connectivity index (χ0v) is 23.6. The smallest absolute Gasteiger partial charge is 0.247 e. The van der Waals surface area contributed by atoms with Gasteiger partial charge in [-0.1, -0.05) is 58.2 Å². The molecule has 0 saturated heterocycles. The fourth-order valence-corrected chi connectivity index (χ4v) is 5.23. The number of fused-ring (bicyclic) bond motifs is 1. The van der Waals surface area contributed by atoms with Gasteiger partial charge in [-0.3, -0.25) is 4.79 Å². The summed E-state index contributed by atoms with van der Waals surface area (Å²) in [6.45, 7) is 8.09. The van der Waals surface area contributed by atoms with Crippen LogP contribution in [0.5, 0.6) is 17.4 Å². The van der Waals surface area contributed by atoms with Gasteiger partial charge in [0.2, 0.25) is 17.7 Å². The van der Waals surface area contributed by atoms with Crippen molar-refractivity contribution < 1.29 is 14.3 Å². The first kappa shape index (κ1) is 28.1. The van der Waals surface area contributed by atoms with E-state index in [0.717, 1.165) is 34.0 Å². The number of unbranched alkanes of at least 4 members (excludes halogenated alkanes) is 1. The normalized spacial score (nSPS) is 11.7. The van der Waals surface area contributed by atoms with E-state index in [-0.39, 0.29) is 5.91 Å². The molecule has 0 radical (unpaired) electrons. The predicted molar refractivity (Wildman–Crippen MR) is 161 cm³/mol. The molecule has 1 unspecified atom stereocenters. The maximum atomic E-state index is 11.7. The van der Waals surface area contributed by atoms with Gasteiger partial charge in [0, 0.05) is 11.8 Å². The quantitative estimate of drug-likeness (QED) is 0.122. The number of anilines is 3. The van der Waals surface area contributed by atoms with Gasteiger partial charge in [0.15, 0.2) is 0 Å². The molecule has 2 heterocycles. The number of nitrogens with zero attached hydrogens (tertiary/aromatic N) is 2. The molecule has 1 atom stereocenters. The Morgan fingerprint density at radius 2 is 2.00 bits per heavy atom. The van der Waals surface area contributed by atoms with Crippen molar-refractivity contribution in [3.63, 3.8) is 0 Å². The van der Waals surface area contributed by atoms with Crippen LogP contribution >= 0.6 is 11.3 Å². The first-order chi connectivity index (χ1) is 19.0. The molecule has 4 rings (SSSR count). The van der Waals surface area contributed by atoms with Crippen molar-refractivity contribution in [1.29, 1.82) is 0 Å². The molecule has 2 N–H and O–H groups in total. The summed E-state index contributed by atoms with van der Waals surface area (Å²) < 4.78 is 12.7. The lowest BCUT2D eigenvalue weighted by Gasteiger charge is -2.14. The molecule has 1 amide bonds. The zero-order chi connectivity index (χ0) is 27.6. The van der Waals surface area contributed by atoms with Crippen LogP contribution in [0.1, 0.15) is 51.5 Å². The van der Waals surface area contributed by atoms with Crippen LogP contribution in [0.2, 0.25) is 0 Å². The Labute approximate surface area is 234 Å². The van der Waals surface area contributed by atoms with Crippen molar-refractivity contribution in [2.24, 2.45) is 5.92 Å². The van der Waals surface area contributed by atoms with E-state index in [4.69, 9.17) is 9.47 Å². The molecule has 0 aliphatic rings. The highest BCUT2D eigenvalue weighted by Crippen LogP contribution is 2.35. The summed E-state index contributed by atoms with van der Waals surface area (Å²) in [7, 11) is 1.67. The fourth-order valence-electron chi connectivity index (χ4n) is 4.48. The minimum Gasteiger partial charge on any atom is -0.495 e. The van der Waals surface area contributed by atoms with Crippen LogP contribution in [0.4, 0.5) is 17.3 Å². The summed E-state index contributed by atoms with van der Waals surface area (Å²) in [6.07, 6.45) is 8.50. The van der Waals surface area contributed by atoms with Crippen molar-refractivity contribution in [3.8, 4) is 17.4 Å². The monoisotopic (exact) mass is 544 g/mol. The first-order valence-corrected chi connectivity index (χ1v) is 14.3. The summed E-state index contributed by atoms with van der Waals surface area (Å²) in [4.78, 5) is 21.0. The Bertz CT molecular complexity index is 1420. The Hall–Kier alpha value is -3.91. The van der Waals surface area contributed by atoms with Gasteiger partial charge in [0.1, 0.15) is 16.2 Å². The minimum atomic E-state index is -0.289. The molecule has 0 saturated carbocycles. The van der Waals surface area contributed by atoms with Crippen molar-refractivity contribution in [3.05, 3.63) is 72.1 Å². The number of carbonyl (C=O) groups excluding carboxylic acids is 1. The number of thiophene rings is 1. The van der Waals surface area contributed by atoms with Gasteiger partial charge in [-0.15, -0.1) is 11.3 Å². The van der Waals surface area contributed by atoms with Crippen molar-refractivity contribution in [2.75, 3.05) is 17.7 Å². The van der Waals surface area contributed by atoms with E-state index in [1.165, 1.54) is 55.1 Å². The van der Waals surface area contributed by atoms with Crippen LogP contribution in [-0.2, 0) is 11.2 Å². The number of amides is 1. The first-order valence-electron chi connectivity index (χ1n) is 13.4. The van der Waals surface area contributed by atoms with E-state index in [1.807, 2.05) is 23.6 Å². The number of benzene rings is 2. The number of carbonyl (C=O) groups is 1.